The zero-order valence-electron chi connectivity index (χ0n) is 11.8. The van der Waals surface area contributed by atoms with Gasteiger partial charge in [0.15, 0.2) is 0 Å². The summed E-state index contributed by atoms with van der Waals surface area (Å²) in [6.07, 6.45) is 5.98. The molecule has 19 heavy (non-hydrogen) atoms. The molecule has 1 aromatic carbocycles. The Hall–Kier alpha value is -1.70. The minimum absolute atomic E-state index is 0.725. The van der Waals surface area contributed by atoms with Crippen molar-refractivity contribution in [1.82, 2.24) is 9.97 Å². The first-order valence-corrected chi connectivity index (χ1v) is 7.08. The molecule has 2 heteroatoms. The number of benzene rings is 1. The smallest absolute Gasteiger partial charge is 0.115 e. The topological polar surface area (TPSA) is 25.8 Å². The van der Waals surface area contributed by atoms with Gasteiger partial charge in [0.25, 0.3) is 0 Å². The zero-order chi connectivity index (χ0) is 13.5. The van der Waals surface area contributed by atoms with Crippen molar-refractivity contribution in [2.24, 2.45) is 5.92 Å². The number of aromatic nitrogens is 2. The first-order chi connectivity index (χ1) is 9.24. The normalized spacial score (nSPS) is 10.9. The van der Waals surface area contributed by atoms with Crippen LogP contribution in [-0.4, -0.2) is 9.97 Å². The summed E-state index contributed by atoms with van der Waals surface area (Å²) in [6.45, 7) is 4.50. The average molecular weight is 254 g/mol. The molecule has 0 bridgehead atoms. The van der Waals surface area contributed by atoms with E-state index in [1.165, 1.54) is 17.7 Å². The molecule has 0 aliphatic rings. The van der Waals surface area contributed by atoms with Gasteiger partial charge >= 0.3 is 0 Å². The van der Waals surface area contributed by atoms with Crippen molar-refractivity contribution >= 4 is 0 Å². The second-order valence-corrected chi connectivity index (χ2v) is 5.42. The van der Waals surface area contributed by atoms with Crippen molar-refractivity contribution in [3.05, 3.63) is 59.7 Å². The summed E-state index contributed by atoms with van der Waals surface area (Å²) in [4.78, 5) is 8.73. The Bertz CT molecular complexity index is 492. The quantitative estimate of drug-likeness (QED) is 0.782. The summed E-state index contributed by atoms with van der Waals surface area (Å²) in [5, 5.41) is 0. The van der Waals surface area contributed by atoms with E-state index in [4.69, 9.17) is 0 Å². The molecule has 0 N–H and O–H groups in total. The SMILES string of the molecule is CC(C)CCc1cc(CCc2ccccc2)ncn1. The maximum atomic E-state index is 4.37. The van der Waals surface area contributed by atoms with E-state index in [2.05, 4.69) is 60.2 Å². The van der Waals surface area contributed by atoms with E-state index in [1.54, 1.807) is 6.33 Å². The molecule has 0 aliphatic carbocycles. The van der Waals surface area contributed by atoms with Crippen LogP contribution in [0.15, 0.2) is 42.7 Å². The van der Waals surface area contributed by atoms with Gasteiger partial charge in [-0.05, 0) is 43.2 Å². The number of hydrogen-bond donors (Lipinski definition) is 0. The van der Waals surface area contributed by atoms with E-state index >= 15 is 0 Å². The van der Waals surface area contributed by atoms with Crippen molar-refractivity contribution in [2.75, 3.05) is 0 Å². The maximum Gasteiger partial charge on any atom is 0.115 e. The van der Waals surface area contributed by atoms with Gasteiger partial charge in [-0.25, -0.2) is 9.97 Å². The highest BCUT2D eigenvalue weighted by Crippen LogP contribution is 2.09. The van der Waals surface area contributed by atoms with Gasteiger partial charge in [-0.3, -0.25) is 0 Å². The molecule has 0 unspecified atom stereocenters. The molecule has 1 aromatic heterocycles. The monoisotopic (exact) mass is 254 g/mol. The van der Waals surface area contributed by atoms with E-state index in [1.807, 2.05) is 0 Å². The molecule has 2 rings (SSSR count). The largest absolute Gasteiger partial charge is 0.241 e. The lowest BCUT2D eigenvalue weighted by molar-refractivity contribution is 0.580. The third-order valence-electron chi connectivity index (χ3n) is 3.27. The molecule has 0 amide bonds. The number of hydrogen-bond acceptors (Lipinski definition) is 2. The van der Waals surface area contributed by atoms with E-state index < -0.39 is 0 Å². The summed E-state index contributed by atoms with van der Waals surface area (Å²) >= 11 is 0. The van der Waals surface area contributed by atoms with E-state index in [0.29, 0.717) is 0 Å². The molecule has 0 spiro atoms. The summed E-state index contributed by atoms with van der Waals surface area (Å²) in [5.41, 5.74) is 3.69. The van der Waals surface area contributed by atoms with Crippen LogP contribution in [0, 0.1) is 5.92 Å². The van der Waals surface area contributed by atoms with Crippen LogP contribution in [0.3, 0.4) is 0 Å². The third kappa shape index (κ3) is 4.82. The third-order valence-corrected chi connectivity index (χ3v) is 3.27. The lowest BCUT2D eigenvalue weighted by atomic mass is 10.0. The Morgan fingerprint density at radius 1 is 0.895 bits per heavy atom. The molecule has 1 heterocycles. The number of nitrogens with zero attached hydrogens (tertiary/aromatic N) is 2. The van der Waals surface area contributed by atoms with Crippen molar-refractivity contribution < 1.29 is 0 Å². The lowest BCUT2D eigenvalue weighted by Gasteiger charge is -2.06. The van der Waals surface area contributed by atoms with Crippen LogP contribution in [0.2, 0.25) is 0 Å². The Morgan fingerprint density at radius 3 is 2.26 bits per heavy atom. The van der Waals surface area contributed by atoms with Gasteiger partial charge in [0.1, 0.15) is 6.33 Å². The van der Waals surface area contributed by atoms with E-state index in [0.717, 1.165) is 30.9 Å². The summed E-state index contributed by atoms with van der Waals surface area (Å²) in [5.74, 6) is 0.725. The Kier molecular flexibility index (Phi) is 5.08. The lowest BCUT2D eigenvalue weighted by Crippen LogP contribution is -2.00. The highest BCUT2D eigenvalue weighted by molar-refractivity contribution is 5.17. The second-order valence-electron chi connectivity index (χ2n) is 5.42. The molecule has 2 aromatic rings. The summed E-state index contributed by atoms with van der Waals surface area (Å²) < 4.78 is 0. The fraction of sp³-hybridized carbons (Fsp3) is 0.412. The fourth-order valence-electron chi connectivity index (χ4n) is 2.07. The highest BCUT2D eigenvalue weighted by atomic mass is 14.8. The minimum Gasteiger partial charge on any atom is -0.241 e. The van der Waals surface area contributed by atoms with Crippen molar-refractivity contribution in [3.63, 3.8) is 0 Å². The van der Waals surface area contributed by atoms with Gasteiger partial charge in [0, 0.05) is 11.4 Å². The van der Waals surface area contributed by atoms with Gasteiger partial charge in [-0.15, -0.1) is 0 Å². The van der Waals surface area contributed by atoms with Crippen LogP contribution in [0.25, 0.3) is 0 Å². The minimum atomic E-state index is 0.725. The van der Waals surface area contributed by atoms with E-state index in [-0.39, 0.29) is 0 Å². The first kappa shape index (κ1) is 13.7. The van der Waals surface area contributed by atoms with Crippen LogP contribution in [0.1, 0.15) is 37.2 Å². The van der Waals surface area contributed by atoms with Gasteiger partial charge in [-0.2, -0.15) is 0 Å². The first-order valence-electron chi connectivity index (χ1n) is 7.08. The maximum absolute atomic E-state index is 4.37. The summed E-state index contributed by atoms with van der Waals surface area (Å²) in [7, 11) is 0. The van der Waals surface area contributed by atoms with Crippen LogP contribution in [0.4, 0.5) is 0 Å². The molecule has 0 saturated heterocycles. The second kappa shape index (κ2) is 7.03. The van der Waals surface area contributed by atoms with Crippen LogP contribution >= 0.6 is 0 Å². The molecule has 0 radical (unpaired) electrons. The highest BCUT2D eigenvalue weighted by Gasteiger charge is 2.02. The fourth-order valence-corrected chi connectivity index (χ4v) is 2.07. The van der Waals surface area contributed by atoms with Gasteiger partial charge < -0.3 is 0 Å². The van der Waals surface area contributed by atoms with Gasteiger partial charge in [0.2, 0.25) is 0 Å². The molecular weight excluding hydrogens is 232 g/mol. The number of rotatable bonds is 6. The molecule has 2 nitrogen and oxygen atoms in total. The Labute approximate surface area is 115 Å². The van der Waals surface area contributed by atoms with Gasteiger partial charge in [-0.1, -0.05) is 44.2 Å². The van der Waals surface area contributed by atoms with Crippen LogP contribution < -0.4 is 0 Å². The molecule has 0 atom stereocenters. The Morgan fingerprint density at radius 2 is 1.58 bits per heavy atom. The summed E-state index contributed by atoms with van der Waals surface area (Å²) in [6, 6.07) is 12.7. The Balaban J connectivity index is 1.91. The molecule has 0 fully saturated rings. The standard InChI is InChI=1S/C17H22N2/c1-14(2)8-10-16-12-17(19-13-18-16)11-9-15-6-4-3-5-7-15/h3-7,12-14H,8-11H2,1-2H3. The predicted octanol–water partition coefficient (Wildman–Crippen LogP) is 3.85. The van der Waals surface area contributed by atoms with Gasteiger partial charge in [0.05, 0.1) is 0 Å². The molecule has 0 aliphatic heterocycles. The van der Waals surface area contributed by atoms with E-state index in [9.17, 15) is 0 Å². The number of aryl methyl sites for hydroxylation is 3. The average Bonchev–Trinajstić information content (AvgIpc) is 2.44. The molecular formula is C17H22N2. The molecule has 0 saturated carbocycles. The van der Waals surface area contributed by atoms with Crippen molar-refractivity contribution in [1.29, 1.82) is 0 Å². The zero-order valence-corrected chi connectivity index (χ0v) is 11.8. The van der Waals surface area contributed by atoms with Crippen LogP contribution in [-0.2, 0) is 19.3 Å². The van der Waals surface area contributed by atoms with Crippen molar-refractivity contribution in [3.8, 4) is 0 Å². The predicted molar refractivity (Wildman–Crippen MR) is 79.0 cm³/mol. The molecule has 100 valence electrons. The van der Waals surface area contributed by atoms with Crippen LogP contribution in [0.5, 0.6) is 0 Å². The van der Waals surface area contributed by atoms with Crippen molar-refractivity contribution in [2.45, 2.75) is 39.5 Å².